The van der Waals surface area contributed by atoms with Crippen LogP contribution in [0.4, 0.5) is 5.69 Å². The first kappa shape index (κ1) is 11.5. The summed E-state index contributed by atoms with van der Waals surface area (Å²) in [5.41, 5.74) is 4.16. The number of amides is 1. The lowest BCUT2D eigenvalue weighted by atomic mass is 10.1. The lowest BCUT2D eigenvalue weighted by Crippen LogP contribution is -2.15. The normalized spacial score (nSPS) is 9.25. The number of nitriles is 1. The van der Waals surface area contributed by atoms with Gasteiger partial charge in [-0.1, -0.05) is 0 Å². The zero-order chi connectivity index (χ0) is 12.3. The molecule has 1 aromatic rings. The Bertz CT molecular complexity index is 504. The van der Waals surface area contributed by atoms with Crippen molar-refractivity contribution in [3.63, 3.8) is 0 Å². The van der Waals surface area contributed by atoms with Crippen molar-refractivity contribution in [1.29, 1.82) is 5.26 Å². The van der Waals surface area contributed by atoms with E-state index in [-0.39, 0.29) is 11.3 Å². The summed E-state index contributed by atoms with van der Waals surface area (Å²) < 4.78 is 4.79. The number of methoxy groups -OCH3 is 1. The van der Waals surface area contributed by atoms with Gasteiger partial charge in [0.25, 0.3) is 11.6 Å². The number of rotatable bonds is 3. The van der Waals surface area contributed by atoms with Crippen LogP contribution >= 0.6 is 0 Å². The largest absolute Gasteiger partial charge is 0.494 e. The van der Waals surface area contributed by atoms with Crippen molar-refractivity contribution in [2.24, 2.45) is 5.73 Å². The molecule has 0 atom stereocenters. The fourth-order valence-electron chi connectivity index (χ4n) is 1.26. The minimum Gasteiger partial charge on any atom is -0.494 e. The summed E-state index contributed by atoms with van der Waals surface area (Å²) in [7, 11) is 1.20. The number of nitro benzene ring substituents is 1. The zero-order valence-corrected chi connectivity index (χ0v) is 8.26. The molecule has 0 radical (unpaired) electrons. The topological polar surface area (TPSA) is 119 Å². The number of hydrogen-bond donors (Lipinski definition) is 1. The van der Waals surface area contributed by atoms with Crippen molar-refractivity contribution in [1.82, 2.24) is 0 Å². The standard InChI is InChI=1S/C9H7N3O4/c1-16-8-5(4-10)2-3-6(12(14)15)7(8)9(11)13/h2-3H,1H3,(H2,11,13). The Labute approximate surface area is 90.2 Å². The van der Waals surface area contributed by atoms with Gasteiger partial charge in [0.1, 0.15) is 6.07 Å². The van der Waals surface area contributed by atoms with Gasteiger partial charge in [-0.05, 0) is 6.07 Å². The molecule has 1 aromatic carbocycles. The van der Waals surface area contributed by atoms with Crippen LogP contribution in [0.3, 0.4) is 0 Å². The summed E-state index contributed by atoms with van der Waals surface area (Å²) in [6, 6.07) is 3.99. The molecule has 0 unspecified atom stereocenters. The van der Waals surface area contributed by atoms with E-state index in [1.54, 1.807) is 6.07 Å². The monoisotopic (exact) mass is 221 g/mol. The molecule has 1 amide bonds. The van der Waals surface area contributed by atoms with Crippen molar-refractivity contribution in [3.8, 4) is 11.8 Å². The molecule has 0 aromatic heterocycles. The molecule has 0 aliphatic heterocycles. The predicted molar refractivity (Wildman–Crippen MR) is 52.9 cm³/mol. The number of carbonyl (C=O) groups excluding carboxylic acids is 1. The van der Waals surface area contributed by atoms with Gasteiger partial charge in [-0.25, -0.2) is 0 Å². The van der Waals surface area contributed by atoms with Crippen molar-refractivity contribution in [2.75, 3.05) is 7.11 Å². The van der Waals surface area contributed by atoms with Crippen molar-refractivity contribution in [3.05, 3.63) is 33.4 Å². The van der Waals surface area contributed by atoms with E-state index in [4.69, 9.17) is 15.7 Å². The number of benzene rings is 1. The number of carbonyl (C=O) groups is 1. The van der Waals surface area contributed by atoms with Crippen molar-refractivity contribution in [2.45, 2.75) is 0 Å². The quantitative estimate of drug-likeness (QED) is 0.591. The first-order chi connectivity index (χ1) is 7.52. The van der Waals surface area contributed by atoms with Gasteiger partial charge in [0.2, 0.25) is 0 Å². The lowest BCUT2D eigenvalue weighted by Gasteiger charge is -2.07. The average Bonchev–Trinajstić information content (AvgIpc) is 2.26. The van der Waals surface area contributed by atoms with Crippen molar-refractivity contribution >= 4 is 11.6 Å². The van der Waals surface area contributed by atoms with Crippen LogP contribution in [0.5, 0.6) is 5.75 Å². The van der Waals surface area contributed by atoms with Crippen LogP contribution in [0.25, 0.3) is 0 Å². The van der Waals surface area contributed by atoms with Crippen LogP contribution in [0.2, 0.25) is 0 Å². The smallest absolute Gasteiger partial charge is 0.286 e. The number of primary amides is 1. The summed E-state index contributed by atoms with van der Waals surface area (Å²) in [6.07, 6.45) is 0. The van der Waals surface area contributed by atoms with Crippen LogP contribution in [-0.4, -0.2) is 17.9 Å². The Hall–Kier alpha value is -2.62. The second kappa shape index (κ2) is 4.27. The zero-order valence-electron chi connectivity index (χ0n) is 8.26. The Kier molecular flexibility index (Phi) is 3.06. The molecule has 0 spiro atoms. The molecule has 1 rings (SSSR count). The van der Waals surface area contributed by atoms with Gasteiger partial charge in [-0.3, -0.25) is 14.9 Å². The van der Waals surface area contributed by atoms with Crippen LogP contribution in [0.1, 0.15) is 15.9 Å². The SMILES string of the molecule is COc1c(C#N)ccc([N+](=O)[O-])c1C(N)=O. The third-order valence-electron chi connectivity index (χ3n) is 1.90. The lowest BCUT2D eigenvalue weighted by molar-refractivity contribution is -0.385. The number of nitrogens with two attached hydrogens (primary N) is 1. The van der Waals surface area contributed by atoms with E-state index in [0.717, 1.165) is 6.07 Å². The molecule has 0 fully saturated rings. The van der Waals surface area contributed by atoms with Gasteiger partial charge in [0.05, 0.1) is 17.6 Å². The molecule has 82 valence electrons. The fourth-order valence-corrected chi connectivity index (χ4v) is 1.26. The van der Waals surface area contributed by atoms with Gasteiger partial charge in [-0.2, -0.15) is 5.26 Å². The minimum absolute atomic E-state index is 0.0156. The third kappa shape index (κ3) is 1.76. The van der Waals surface area contributed by atoms with E-state index < -0.39 is 22.1 Å². The molecule has 7 nitrogen and oxygen atoms in total. The molecule has 16 heavy (non-hydrogen) atoms. The van der Waals surface area contributed by atoms with E-state index in [0.29, 0.717) is 0 Å². The van der Waals surface area contributed by atoms with Crippen molar-refractivity contribution < 1.29 is 14.5 Å². The molecule has 2 N–H and O–H groups in total. The summed E-state index contributed by atoms with van der Waals surface area (Å²) in [5, 5.41) is 19.4. The molecule has 0 heterocycles. The average molecular weight is 221 g/mol. The second-order valence-electron chi connectivity index (χ2n) is 2.77. The molecule has 7 heteroatoms. The van der Waals surface area contributed by atoms with E-state index in [1.165, 1.54) is 13.2 Å². The Balaban J connectivity index is 3.65. The summed E-state index contributed by atoms with van der Waals surface area (Å²) in [5.74, 6) is -1.19. The summed E-state index contributed by atoms with van der Waals surface area (Å²) in [4.78, 5) is 21.0. The molecule has 0 aliphatic rings. The highest BCUT2D eigenvalue weighted by atomic mass is 16.6. The summed E-state index contributed by atoms with van der Waals surface area (Å²) in [6.45, 7) is 0. The highest BCUT2D eigenvalue weighted by Gasteiger charge is 2.25. The maximum absolute atomic E-state index is 11.1. The molecule has 0 aliphatic carbocycles. The second-order valence-corrected chi connectivity index (χ2v) is 2.77. The first-order valence-corrected chi connectivity index (χ1v) is 4.08. The maximum atomic E-state index is 11.1. The Morgan fingerprint density at radius 1 is 1.62 bits per heavy atom. The van der Waals surface area contributed by atoms with Gasteiger partial charge in [-0.15, -0.1) is 0 Å². The maximum Gasteiger partial charge on any atom is 0.286 e. The van der Waals surface area contributed by atoms with Gasteiger partial charge in [0.15, 0.2) is 11.3 Å². The fraction of sp³-hybridized carbons (Fsp3) is 0.111. The molecular formula is C9H7N3O4. The van der Waals surface area contributed by atoms with Crippen LogP contribution in [0, 0.1) is 21.4 Å². The van der Waals surface area contributed by atoms with Crippen LogP contribution in [-0.2, 0) is 0 Å². The number of nitrogens with zero attached hydrogens (tertiary/aromatic N) is 2. The predicted octanol–water partition coefficient (Wildman–Crippen LogP) is 0.574. The van der Waals surface area contributed by atoms with E-state index in [9.17, 15) is 14.9 Å². The highest BCUT2D eigenvalue weighted by Crippen LogP contribution is 2.31. The number of ether oxygens (including phenoxy) is 1. The minimum atomic E-state index is -1.01. The van der Waals surface area contributed by atoms with Crippen LogP contribution < -0.4 is 10.5 Å². The van der Waals surface area contributed by atoms with E-state index >= 15 is 0 Å². The number of nitro groups is 1. The first-order valence-electron chi connectivity index (χ1n) is 4.08. The molecule has 0 saturated heterocycles. The molecular weight excluding hydrogens is 214 g/mol. The van der Waals surface area contributed by atoms with Crippen LogP contribution in [0.15, 0.2) is 12.1 Å². The molecule has 0 bridgehead atoms. The van der Waals surface area contributed by atoms with E-state index in [1.807, 2.05) is 0 Å². The Morgan fingerprint density at radius 3 is 2.62 bits per heavy atom. The van der Waals surface area contributed by atoms with Gasteiger partial charge >= 0.3 is 0 Å². The van der Waals surface area contributed by atoms with E-state index in [2.05, 4.69) is 0 Å². The third-order valence-corrected chi connectivity index (χ3v) is 1.90. The van der Waals surface area contributed by atoms with Gasteiger partial charge < -0.3 is 10.5 Å². The number of hydrogen-bond acceptors (Lipinski definition) is 5. The Morgan fingerprint density at radius 2 is 2.25 bits per heavy atom. The highest BCUT2D eigenvalue weighted by molar-refractivity contribution is 6.00. The van der Waals surface area contributed by atoms with Gasteiger partial charge in [0, 0.05) is 6.07 Å². The summed E-state index contributed by atoms with van der Waals surface area (Å²) >= 11 is 0. The molecule has 0 saturated carbocycles.